The minimum absolute atomic E-state index is 0.0417. The maximum Gasteiger partial charge on any atom is 0.247 e. The SMILES string of the molecule is Cc1cccc(NC(=O)C2CCCC(=O)N2Cc2ccc(F)cc2)c1. The molecule has 2 amide bonds. The van der Waals surface area contributed by atoms with Crippen LogP contribution in [0.4, 0.5) is 10.1 Å². The lowest BCUT2D eigenvalue weighted by molar-refractivity contribution is -0.142. The Kier molecular flexibility index (Phi) is 5.12. The van der Waals surface area contributed by atoms with Crippen LogP contribution in [-0.2, 0) is 16.1 Å². The van der Waals surface area contributed by atoms with Crippen molar-refractivity contribution in [2.24, 2.45) is 0 Å². The van der Waals surface area contributed by atoms with Crippen molar-refractivity contribution >= 4 is 17.5 Å². The van der Waals surface area contributed by atoms with Gasteiger partial charge in [0.05, 0.1) is 0 Å². The molecular weight excluding hydrogens is 319 g/mol. The number of likely N-dealkylation sites (tertiary alicyclic amines) is 1. The lowest BCUT2D eigenvalue weighted by Gasteiger charge is -2.34. The Morgan fingerprint density at radius 2 is 2.00 bits per heavy atom. The summed E-state index contributed by atoms with van der Waals surface area (Å²) in [6.45, 7) is 2.27. The molecule has 5 heteroatoms. The predicted octanol–water partition coefficient (Wildman–Crippen LogP) is 3.65. The minimum Gasteiger partial charge on any atom is -0.326 e. The smallest absolute Gasteiger partial charge is 0.247 e. The van der Waals surface area contributed by atoms with Gasteiger partial charge in [0.15, 0.2) is 0 Å². The van der Waals surface area contributed by atoms with E-state index in [1.807, 2.05) is 31.2 Å². The average Bonchev–Trinajstić information content (AvgIpc) is 2.58. The molecule has 1 fully saturated rings. The van der Waals surface area contributed by atoms with Gasteiger partial charge in [-0.1, -0.05) is 24.3 Å². The number of benzene rings is 2. The molecule has 130 valence electrons. The first-order valence-corrected chi connectivity index (χ1v) is 8.44. The van der Waals surface area contributed by atoms with Crippen LogP contribution in [0, 0.1) is 12.7 Å². The van der Waals surface area contributed by atoms with Crippen LogP contribution in [0.5, 0.6) is 0 Å². The van der Waals surface area contributed by atoms with Crippen molar-refractivity contribution in [3.8, 4) is 0 Å². The highest BCUT2D eigenvalue weighted by Gasteiger charge is 2.33. The number of carbonyl (C=O) groups is 2. The maximum atomic E-state index is 13.1. The molecule has 25 heavy (non-hydrogen) atoms. The molecule has 0 radical (unpaired) electrons. The first-order valence-electron chi connectivity index (χ1n) is 8.44. The van der Waals surface area contributed by atoms with Crippen LogP contribution in [0.25, 0.3) is 0 Å². The minimum atomic E-state index is -0.508. The Labute approximate surface area is 146 Å². The van der Waals surface area contributed by atoms with E-state index in [2.05, 4.69) is 5.32 Å². The number of anilines is 1. The fourth-order valence-electron chi connectivity index (χ4n) is 3.13. The Morgan fingerprint density at radius 3 is 2.72 bits per heavy atom. The van der Waals surface area contributed by atoms with Crippen LogP contribution in [-0.4, -0.2) is 22.8 Å². The van der Waals surface area contributed by atoms with Gasteiger partial charge in [0.25, 0.3) is 0 Å². The van der Waals surface area contributed by atoms with Crippen molar-refractivity contribution < 1.29 is 14.0 Å². The molecule has 0 saturated carbocycles. The van der Waals surface area contributed by atoms with Crippen molar-refractivity contribution in [1.82, 2.24) is 4.90 Å². The van der Waals surface area contributed by atoms with Crippen LogP contribution in [0.3, 0.4) is 0 Å². The van der Waals surface area contributed by atoms with Gasteiger partial charge in [0.1, 0.15) is 11.9 Å². The molecule has 4 nitrogen and oxygen atoms in total. The van der Waals surface area contributed by atoms with Crippen molar-refractivity contribution in [1.29, 1.82) is 0 Å². The summed E-state index contributed by atoms with van der Waals surface area (Å²) in [6.07, 6.45) is 1.77. The standard InChI is InChI=1S/C20H21FN2O2/c1-14-4-2-5-17(12-14)22-20(25)18-6-3-7-19(24)23(18)13-15-8-10-16(21)11-9-15/h2,4-5,8-12,18H,3,6-7,13H2,1H3,(H,22,25). The Bertz CT molecular complexity index is 774. The highest BCUT2D eigenvalue weighted by atomic mass is 19.1. The zero-order valence-corrected chi connectivity index (χ0v) is 14.2. The van der Waals surface area contributed by atoms with Crippen LogP contribution in [0.2, 0.25) is 0 Å². The van der Waals surface area contributed by atoms with Gasteiger partial charge in [-0.05, 0) is 55.2 Å². The van der Waals surface area contributed by atoms with Gasteiger partial charge in [-0.3, -0.25) is 9.59 Å². The van der Waals surface area contributed by atoms with E-state index in [1.165, 1.54) is 12.1 Å². The summed E-state index contributed by atoms with van der Waals surface area (Å²) in [6, 6.07) is 13.1. The van der Waals surface area contributed by atoms with E-state index in [1.54, 1.807) is 17.0 Å². The number of piperidine rings is 1. The second kappa shape index (κ2) is 7.47. The van der Waals surface area contributed by atoms with Gasteiger partial charge in [0, 0.05) is 18.7 Å². The van der Waals surface area contributed by atoms with Crippen molar-refractivity contribution in [3.63, 3.8) is 0 Å². The second-order valence-electron chi connectivity index (χ2n) is 6.41. The fraction of sp³-hybridized carbons (Fsp3) is 0.300. The van der Waals surface area contributed by atoms with Gasteiger partial charge >= 0.3 is 0 Å². The molecule has 0 aliphatic carbocycles. The number of halogens is 1. The molecule has 0 aromatic heterocycles. The molecule has 1 N–H and O–H groups in total. The van der Waals surface area contributed by atoms with Crippen molar-refractivity contribution in [3.05, 3.63) is 65.5 Å². The van der Waals surface area contributed by atoms with Gasteiger partial charge in [-0.2, -0.15) is 0 Å². The fourth-order valence-corrected chi connectivity index (χ4v) is 3.13. The Balaban J connectivity index is 1.75. The monoisotopic (exact) mass is 340 g/mol. The number of rotatable bonds is 4. The molecule has 1 atom stereocenters. The third-order valence-corrected chi connectivity index (χ3v) is 4.42. The number of carbonyl (C=O) groups excluding carboxylic acids is 2. The van der Waals surface area contributed by atoms with Crippen LogP contribution < -0.4 is 5.32 Å². The van der Waals surface area contributed by atoms with Crippen LogP contribution in [0.15, 0.2) is 48.5 Å². The summed E-state index contributed by atoms with van der Waals surface area (Å²) >= 11 is 0. The predicted molar refractivity (Wildman–Crippen MR) is 94.4 cm³/mol. The Morgan fingerprint density at radius 1 is 1.24 bits per heavy atom. The third kappa shape index (κ3) is 4.24. The summed E-state index contributed by atoms with van der Waals surface area (Å²) in [5.41, 5.74) is 2.59. The average molecular weight is 340 g/mol. The van der Waals surface area contributed by atoms with E-state index < -0.39 is 6.04 Å². The lowest BCUT2D eigenvalue weighted by atomic mass is 9.99. The molecule has 1 unspecified atom stereocenters. The quantitative estimate of drug-likeness (QED) is 0.923. The molecule has 2 aromatic rings. The number of amides is 2. The zero-order chi connectivity index (χ0) is 17.8. The molecule has 1 heterocycles. The Hall–Kier alpha value is -2.69. The van der Waals surface area contributed by atoms with Crippen LogP contribution >= 0.6 is 0 Å². The number of aryl methyl sites for hydroxylation is 1. The molecular formula is C20H21FN2O2. The maximum absolute atomic E-state index is 13.1. The van der Waals surface area contributed by atoms with E-state index in [0.29, 0.717) is 25.8 Å². The van der Waals surface area contributed by atoms with Crippen molar-refractivity contribution in [2.45, 2.75) is 38.8 Å². The molecule has 1 aliphatic heterocycles. The summed E-state index contributed by atoms with van der Waals surface area (Å²) in [5, 5.41) is 2.91. The molecule has 2 aromatic carbocycles. The second-order valence-corrected chi connectivity index (χ2v) is 6.41. The summed E-state index contributed by atoms with van der Waals surface area (Å²) in [7, 11) is 0. The van der Waals surface area contributed by atoms with Gasteiger partial charge < -0.3 is 10.2 Å². The normalized spacial score (nSPS) is 17.4. The van der Waals surface area contributed by atoms with E-state index in [0.717, 1.165) is 16.8 Å². The summed E-state index contributed by atoms with van der Waals surface area (Å²) < 4.78 is 13.1. The number of hydrogen-bond acceptors (Lipinski definition) is 2. The largest absolute Gasteiger partial charge is 0.326 e. The molecule has 3 rings (SSSR count). The first kappa shape index (κ1) is 17.1. The number of nitrogens with zero attached hydrogens (tertiary/aromatic N) is 1. The van der Waals surface area contributed by atoms with E-state index in [9.17, 15) is 14.0 Å². The molecule has 1 saturated heterocycles. The van der Waals surface area contributed by atoms with Crippen LogP contribution in [0.1, 0.15) is 30.4 Å². The lowest BCUT2D eigenvalue weighted by Crippen LogP contribution is -2.49. The van der Waals surface area contributed by atoms with E-state index >= 15 is 0 Å². The van der Waals surface area contributed by atoms with Gasteiger partial charge in [-0.25, -0.2) is 4.39 Å². The molecule has 0 spiro atoms. The van der Waals surface area contributed by atoms with Gasteiger partial charge in [-0.15, -0.1) is 0 Å². The summed E-state index contributed by atoms with van der Waals surface area (Å²) in [4.78, 5) is 26.7. The summed E-state index contributed by atoms with van der Waals surface area (Å²) in [5.74, 6) is -0.539. The van der Waals surface area contributed by atoms with E-state index in [4.69, 9.17) is 0 Å². The number of hydrogen-bond donors (Lipinski definition) is 1. The molecule has 1 aliphatic rings. The van der Waals surface area contributed by atoms with E-state index in [-0.39, 0.29) is 17.6 Å². The first-order chi connectivity index (χ1) is 12.0. The number of nitrogens with one attached hydrogen (secondary N) is 1. The van der Waals surface area contributed by atoms with Crippen molar-refractivity contribution in [2.75, 3.05) is 5.32 Å². The molecule has 0 bridgehead atoms. The topological polar surface area (TPSA) is 49.4 Å². The highest BCUT2D eigenvalue weighted by Crippen LogP contribution is 2.23. The zero-order valence-electron chi connectivity index (χ0n) is 14.2. The van der Waals surface area contributed by atoms with Gasteiger partial charge in [0.2, 0.25) is 11.8 Å². The highest BCUT2D eigenvalue weighted by molar-refractivity contribution is 5.97. The third-order valence-electron chi connectivity index (χ3n) is 4.42.